The van der Waals surface area contributed by atoms with Crippen molar-refractivity contribution >= 4 is 5.97 Å². The van der Waals surface area contributed by atoms with Crippen LogP contribution >= 0.6 is 0 Å². The zero-order valence-corrected chi connectivity index (χ0v) is 11.2. The second-order valence-corrected chi connectivity index (χ2v) is 6.69. The Morgan fingerprint density at radius 2 is 1.94 bits per heavy atom. The molecule has 0 saturated heterocycles. The molecule has 0 spiro atoms. The number of ether oxygens (including phenoxy) is 1. The third-order valence-corrected chi connectivity index (χ3v) is 5.44. The van der Waals surface area contributed by atoms with Crippen LogP contribution in [-0.2, 0) is 9.53 Å². The molecule has 0 aliphatic heterocycles. The lowest BCUT2D eigenvalue weighted by molar-refractivity contribution is -0.160. The van der Waals surface area contributed by atoms with E-state index < -0.39 is 0 Å². The van der Waals surface area contributed by atoms with Crippen LogP contribution in [0.1, 0.15) is 53.9 Å². The number of rotatable bonds is 2. The lowest BCUT2D eigenvalue weighted by Crippen LogP contribution is -2.39. The molecule has 3 atom stereocenters. The normalized spacial score (nSPS) is 40.4. The van der Waals surface area contributed by atoms with Crippen molar-refractivity contribution in [3.8, 4) is 0 Å². The summed E-state index contributed by atoms with van der Waals surface area (Å²) in [6, 6.07) is 0. The van der Waals surface area contributed by atoms with Crippen LogP contribution in [0.2, 0.25) is 0 Å². The van der Waals surface area contributed by atoms with Gasteiger partial charge in [-0.25, -0.2) is 0 Å². The number of fused-ring (bicyclic) bond motifs is 2. The van der Waals surface area contributed by atoms with Crippen molar-refractivity contribution in [1.29, 1.82) is 0 Å². The predicted molar refractivity (Wildman–Crippen MR) is 63.9 cm³/mol. The molecule has 0 amide bonds. The first kappa shape index (κ1) is 11.9. The molecule has 0 aromatic rings. The van der Waals surface area contributed by atoms with E-state index in [1.807, 2.05) is 13.8 Å². The molecule has 16 heavy (non-hydrogen) atoms. The maximum Gasteiger partial charge on any atom is 0.308 e. The summed E-state index contributed by atoms with van der Waals surface area (Å²) in [6.45, 7) is 10.8. The first-order valence-corrected chi connectivity index (χ1v) is 6.49. The van der Waals surface area contributed by atoms with Crippen molar-refractivity contribution < 1.29 is 9.53 Å². The summed E-state index contributed by atoms with van der Waals surface area (Å²) in [5, 5.41) is 0. The summed E-state index contributed by atoms with van der Waals surface area (Å²) in [7, 11) is 0. The highest BCUT2D eigenvalue weighted by Crippen LogP contribution is 2.66. The van der Waals surface area contributed by atoms with Crippen LogP contribution in [0.5, 0.6) is 0 Å². The minimum Gasteiger partial charge on any atom is -0.462 e. The molecule has 0 N–H and O–H groups in total. The van der Waals surface area contributed by atoms with Crippen molar-refractivity contribution in [2.75, 3.05) is 0 Å². The molecular weight excluding hydrogens is 200 g/mol. The Morgan fingerprint density at radius 3 is 2.31 bits per heavy atom. The van der Waals surface area contributed by atoms with Crippen LogP contribution in [0.25, 0.3) is 0 Å². The Balaban J connectivity index is 2.13. The average molecular weight is 224 g/mol. The molecule has 0 unspecified atom stereocenters. The van der Waals surface area contributed by atoms with Gasteiger partial charge in [0.15, 0.2) is 0 Å². The highest BCUT2D eigenvalue weighted by Gasteiger charge is 2.62. The van der Waals surface area contributed by atoms with E-state index in [-0.39, 0.29) is 23.4 Å². The Morgan fingerprint density at radius 1 is 1.31 bits per heavy atom. The summed E-state index contributed by atoms with van der Waals surface area (Å²) < 4.78 is 5.71. The Bertz CT molecular complexity index is 306. The fraction of sp³-hybridized carbons (Fsp3) is 0.929. The quantitative estimate of drug-likeness (QED) is 0.672. The van der Waals surface area contributed by atoms with E-state index in [2.05, 4.69) is 20.8 Å². The van der Waals surface area contributed by atoms with Crippen LogP contribution < -0.4 is 0 Å². The fourth-order valence-corrected chi connectivity index (χ4v) is 3.58. The molecule has 2 rings (SSSR count). The largest absolute Gasteiger partial charge is 0.462 e. The second kappa shape index (κ2) is 3.48. The summed E-state index contributed by atoms with van der Waals surface area (Å²) in [4.78, 5) is 11.7. The Hall–Kier alpha value is -0.530. The molecule has 0 radical (unpaired) electrons. The van der Waals surface area contributed by atoms with Crippen LogP contribution in [-0.4, -0.2) is 12.1 Å². The monoisotopic (exact) mass is 224 g/mol. The van der Waals surface area contributed by atoms with E-state index in [9.17, 15) is 4.79 Å². The molecule has 2 fully saturated rings. The number of hydrogen-bond acceptors (Lipinski definition) is 2. The minimum absolute atomic E-state index is 0.00848. The maximum absolute atomic E-state index is 11.7. The van der Waals surface area contributed by atoms with Gasteiger partial charge in [0.25, 0.3) is 0 Å². The topological polar surface area (TPSA) is 26.3 Å². The molecule has 0 aromatic heterocycles. The van der Waals surface area contributed by atoms with Gasteiger partial charge < -0.3 is 4.74 Å². The minimum atomic E-state index is -0.0328. The number of carbonyl (C=O) groups excluding carboxylic acids is 1. The maximum atomic E-state index is 11.7. The van der Waals surface area contributed by atoms with Crippen molar-refractivity contribution in [3.63, 3.8) is 0 Å². The first-order valence-electron chi connectivity index (χ1n) is 6.49. The zero-order chi connectivity index (χ0) is 12.1. The van der Waals surface area contributed by atoms with Gasteiger partial charge in [-0.3, -0.25) is 4.79 Å². The first-order chi connectivity index (χ1) is 7.29. The summed E-state index contributed by atoms with van der Waals surface area (Å²) >= 11 is 0. The summed E-state index contributed by atoms with van der Waals surface area (Å²) in [6.07, 6.45) is 3.73. The van der Waals surface area contributed by atoms with E-state index >= 15 is 0 Å². The van der Waals surface area contributed by atoms with Crippen molar-refractivity contribution in [2.24, 2.45) is 22.7 Å². The lowest BCUT2D eigenvalue weighted by atomic mass is 9.70. The van der Waals surface area contributed by atoms with E-state index in [0.29, 0.717) is 5.41 Å². The van der Waals surface area contributed by atoms with Gasteiger partial charge in [0.05, 0.1) is 5.92 Å². The fourth-order valence-electron chi connectivity index (χ4n) is 3.58. The van der Waals surface area contributed by atoms with Gasteiger partial charge in [0.2, 0.25) is 0 Å². The highest BCUT2D eigenvalue weighted by molar-refractivity contribution is 5.71. The van der Waals surface area contributed by atoms with Crippen LogP contribution in [0.4, 0.5) is 0 Å². The van der Waals surface area contributed by atoms with E-state index in [1.54, 1.807) is 0 Å². The number of hydrogen-bond donors (Lipinski definition) is 0. The summed E-state index contributed by atoms with van der Waals surface area (Å²) in [5.74, 6) is 0.697. The van der Waals surface area contributed by atoms with Gasteiger partial charge >= 0.3 is 5.97 Å². The Labute approximate surface area is 98.7 Å². The molecule has 0 aromatic carbocycles. The third kappa shape index (κ3) is 1.42. The second-order valence-electron chi connectivity index (χ2n) is 6.69. The van der Waals surface area contributed by atoms with Crippen LogP contribution in [0.3, 0.4) is 0 Å². The van der Waals surface area contributed by atoms with Crippen LogP contribution in [0, 0.1) is 22.7 Å². The van der Waals surface area contributed by atoms with Crippen molar-refractivity contribution in [2.45, 2.75) is 60.0 Å². The molecule has 0 heterocycles. The number of carbonyl (C=O) groups is 1. The molecule has 2 nitrogen and oxygen atoms in total. The van der Waals surface area contributed by atoms with Gasteiger partial charge in [0.1, 0.15) is 6.10 Å². The van der Waals surface area contributed by atoms with E-state index in [4.69, 9.17) is 4.74 Å². The zero-order valence-electron chi connectivity index (χ0n) is 11.2. The van der Waals surface area contributed by atoms with E-state index in [0.717, 1.165) is 12.3 Å². The molecule has 2 aliphatic rings. The molecule has 2 saturated carbocycles. The molecule has 2 aliphatic carbocycles. The van der Waals surface area contributed by atoms with Crippen LogP contribution in [0.15, 0.2) is 0 Å². The van der Waals surface area contributed by atoms with Gasteiger partial charge in [-0.2, -0.15) is 0 Å². The highest BCUT2D eigenvalue weighted by atomic mass is 16.5. The summed E-state index contributed by atoms with van der Waals surface area (Å²) in [5.41, 5.74) is 0.525. The van der Waals surface area contributed by atoms with E-state index in [1.165, 1.54) is 12.8 Å². The van der Waals surface area contributed by atoms with Gasteiger partial charge in [-0.15, -0.1) is 0 Å². The predicted octanol–water partition coefficient (Wildman–Crippen LogP) is 3.40. The molecule has 2 bridgehead atoms. The smallest absolute Gasteiger partial charge is 0.308 e. The van der Waals surface area contributed by atoms with Gasteiger partial charge in [-0.05, 0) is 30.6 Å². The SMILES string of the molecule is CC(C)C(=O)O[C@@H]1C[C@@H]2CC[C@]1(C)C2(C)C. The molecule has 2 heteroatoms. The molecule has 92 valence electrons. The standard InChI is InChI=1S/C14H24O2/c1-9(2)12(15)16-11-8-10-6-7-14(11,5)13(10,3)4/h9-11H,6-8H2,1-5H3/t10-,11+,14-/m0/s1. The van der Waals surface area contributed by atoms with Gasteiger partial charge in [0, 0.05) is 5.41 Å². The van der Waals surface area contributed by atoms with Crippen molar-refractivity contribution in [3.05, 3.63) is 0 Å². The third-order valence-electron chi connectivity index (χ3n) is 5.44. The van der Waals surface area contributed by atoms with Gasteiger partial charge in [-0.1, -0.05) is 34.6 Å². The number of esters is 1. The van der Waals surface area contributed by atoms with Crippen molar-refractivity contribution in [1.82, 2.24) is 0 Å². The molecular formula is C14H24O2. The lowest BCUT2D eigenvalue weighted by Gasteiger charge is -2.38. The Kier molecular flexibility index (Phi) is 2.60. The average Bonchev–Trinajstić information content (AvgIpc) is 2.50.